The SMILES string of the molecule is CCCN(Cc1ccc([N+](=O)[O-])cc1Cl)CC1CCCCC1. The summed E-state index contributed by atoms with van der Waals surface area (Å²) in [6.07, 6.45) is 7.84. The molecular formula is C17H25ClN2O2. The lowest BCUT2D eigenvalue weighted by molar-refractivity contribution is -0.384. The van der Waals surface area contributed by atoms with Crippen molar-refractivity contribution in [2.75, 3.05) is 13.1 Å². The number of nitro benzene ring substituents is 1. The molecule has 0 bridgehead atoms. The van der Waals surface area contributed by atoms with Crippen LogP contribution in [-0.2, 0) is 6.54 Å². The number of hydrogen-bond donors (Lipinski definition) is 0. The van der Waals surface area contributed by atoms with E-state index in [1.54, 1.807) is 12.1 Å². The first kappa shape index (κ1) is 17.2. The fraction of sp³-hybridized carbons (Fsp3) is 0.647. The molecule has 122 valence electrons. The van der Waals surface area contributed by atoms with Crippen LogP contribution < -0.4 is 0 Å². The lowest BCUT2D eigenvalue weighted by Crippen LogP contribution is -2.31. The predicted octanol–water partition coefficient (Wildman–Crippen LogP) is 5.04. The Morgan fingerprint density at radius 2 is 2.05 bits per heavy atom. The molecule has 1 fully saturated rings. The van der Waals surface area contributed by atoms with Crippen molar-refractivity contribution in [1.29, 1.82) is 0 Å². The van der Waals surface area contributed by atoms with Crippen LogP contribution in [0, 0.1) is 16.0 Å². The molecule has 0 unspecified atom stereocenters. The van der Waals surface area contributed by atoms with Crippen molar-refractivity contribution in [2.24, 2.45) is 5.92 Å². The molecule has 0 N–H and O–H groups in total. The summed E-state index contributed by atoms with van der Waals surface area (Å²) in [5.74, 6) is 0.789. The van der Waals surface area contributed by atoms with Crippen LogP contribution >= 0.6 is 11.6 Å². The molecule has 1 aliphatic rings. The smallest absolute Gasteiger partial charge is 0.270 e. The standard InChI is InChI=1S/C17H25ClN2O2/c1-2-10-19(12-14-6-4-3-5-7-14)13-15-8-9-16(20(21)22)11-17(15)18/h8-9,11,14H,2-7,10,12-13H2,1H3. The normalized spacial score (nSPS) is 16.1. The van der Waals surface area contributed by atoms with Gasteiger partial charge in [0.25, 0.3) is 5.69 Å². The van der Waals surface area contributed by atoms with Crippen LogP contribution in [0.2, 0.25) is 5.02 Å². The van der Waals surface area contributed by atoms with E-state index in [1.165, 1.54) is 38.2 Å². The van der Waals surface area contributed by atoms with Crippen molar-refractivity contribution in [3.63, 3.8) is 0 Å². The molecule has 0 radical (unpaired) electrons. The number of benzene rings is 1. The average molecular weight is 325 g/mol. The van der Waals surface area contributed by atoms with E-state index < -0.39 is 4.92 Å². The molecule has 0 heterocycles. The zero-order chi connectivity index (χ0) is 15.9. The summed E-state index contributed by atoms with van der Waals surface area (Å²) in [5.41, 5.74) is 1.04. The highest BCUT2D eigenvalue weighted by atomic mass is 35.5. The summed E-state index contributed by atoms with van der Waals surface area (Å²) >= 11 is 6.23. The van der Waals surface area contributed by atoms with Crippen molar-refractivity contribution < 1.29 is 4.92 Å². The summed E-state index contributed by atoms with van der Waals surface area (Å²) < 4.78 is 0. The van der Waals surface area contributed by atoms with Crippen LogP contribution in [0.4, 0.5) is 5.69 Å². The fourth-order valence-corrected chi connectivity index (χ4v) is 3.54. The number of nitro groups is 1. The minimum absolute atomic E-state index is 0.0584. The largest absolute Gasteiger partial charge is 0.299 e. The maximum Gasteiger partial charge on any atom is 0.270 e. The second-order valence-corrected chi connectivity index (χ2v) is 6.68. The number of halogens is 1. The Morgan fingerprint density at radius 3 is 2.64 bits per heavy atom. The van der Waals surface area contributed by atoms with Gasteiger partial charge in [0, 0.05) is 25.2 Å². The molecule has 0 aliphatic heterocycles. The van der Waals surface area contributed by atoms with Gasteiger partial charge in [0.2, 0.25) is 0 Å². The highest BCUT2D eigenvalue weighted by molar-refractivity contribution is 6.31. The number of nitrogens with zero attached hydrogens (tertiary/aromatic N) is 2. The van der Waals surface area contributed by atoms with E-state index in [-0.39, 0.29) is 5.69 Å². The average Bonchev–Trinajstić information content (AvgIpc) is 2.50. The molecule has 4 nitrogen and oxygen atoms in total. The number of rotatable bonds is 7. The van der Waals surface area contributed by atoms with Gasteiger partial charge in [0.15, 0.2) is 0 Å². The van der Waals surface area contributed by atoms with E-state index in [4.69, 9.17) is 11.6 Å². The van der Waals surface area contributed by atoms with E-state index >= 15 is 0 Å². The Kier molecular flexibility index (Phi) is 6.65. The Bertz CT molecular complexity index is 501. The summed E-state index contributed by atoms with van der Waals surface area (Å²) in [4.78, 5) is 12.8. The van der Waals surface area contributed by atoms with Crippen LogP contribution in [0.25, 0.3) is 0 Å². The predicted molar refractivity (Wildman–Crippen MR) is 90.2 cm³/mol. The Labute approximate surface area is 137 Å². The Balaban J connectivity index is 2.01. The molecule has 1 aromatic rings. The van der Waals surface area contributed by atoms with Gasteiger partial charge in [-0.15, -0.1) is 0 Å². The third-order valence-corrected chi connectivity index (χ3v) is 4.77. The first-order chi connectivity index (χ1) is 10.6. The van der Waals surface area contributed by atoms with Crippen molar-refractivity contribution in [1.82, 2.24) is 4.90 Å². The van der Waals surface area contributed by atoms with Gasteiger partial charge in [-0.2, -0.15) is 0 Å². The monoisotopic (exact) mass is 324 g/mol. The molecule has 1 aliphatic carbocycles. The van der Waals surface area contributed by atoms with Crippen LogP contribution in [0.5, 0.6) is 0 Å². The fourth-order valence-electron chi connectivity index (χ4n) is 3.30. The minimum Gasteiger partial charge on any atom is -0.299 e. The van der Waals surface area contributed by atoms with Crippen LogP contribution in [0.15, 0.2) is 18.2 Å². The van der Waals surface area contributed by atoms with Gasteiger partial charge in [-0.3, -0.25) is 15.0 Å². The molecule has 0 saturated heterocycles. The molecule has 0 spiro atoms. The van der Waals surface area contributed by atoms with E-state index in [2.05, 4.69) is 11.8 Å². The lowest BCUT2D eigenvalue weighted by atomic mass is 9.89. The first-order valence-electron chi connectivity index (χ1n) is 8.25. The molecule has 22 heavy (non-hydrogen) atoms. The maximum absolute atomic E-state index is 10.8. The molecule has 2 rings (SSSR count). The lowest BCUT2D eigenvalue weighted by Gasteiger charge is -2.29. The zero-order valence-corrected chi connectivity index (χ0v) is 14.0. The molecule has 1 aromatic carbocycles. The van der Waals surface area contributed by atoms with E-state index in [1.807, 2.05) is 0 Å². The second kappa shape index (κ2) is 8.49. The summed E-state index contributed by atoms with van der Waals surface area (Å²) in [5, 5.41) is 11.3. The second-order valence-electron chi connectivity index (χ2n) is 6.27. The van der Waals surface area contributed by atoms with E-state index in [9.17, 15) is 10.1 Å². The van der Waals surface area contributed by atoms with E-state index in [0.29, 0.717) is 5.02 Å². The Hall–Kier alpha value is -1.13. The van der Waals surface area contributed by atoms with Crippen LogP contribution in [0.1, 0.15) is 51.0 Å². The van der Waals surface area contributed by atoms with Crippen molar-refractivity contribution in [3.8, 4) is 0 Å². The van der Waals surface area contributed by atoms with E-state index in [0.717, 1.165) is 37.5 Å². The zero-order valence-electron chi connectivity index (χ0n) is 13.3. The van der Waals surface area contributed by atoms with Crippen LogP contribution in [-0.4, -0.2) is 22.9 Å². The van der Waals surface area contributed by atoms with Gasteiger partial charge in [0.1, 0.15) is 0 Å². The first-order valence-corrected chi connectivity index (χ1v) is 8.63. The Morgan fingerprint density at radius 1 is 1.32 bits per heavy atom. The van der Waals surface area contributed by atoms with Crippen molar-refractivity contribution in [3.05, 3.63) is 38.9 Å². The quantitative estimate of drug-likeness (QED) is 0.521. The molecule has 5 heteroatoms. The van der Waals surface area contributed by atoms with Gasteiger partial charge in [-0.1, -0.05) is 37.8 Å². The summed E-state index contributed by atoms with van der Waals surface area (Å²) in [7, 11) is 0. The van der Waals surface area contributed by atoms with Gasteiger partial charge >= 0.3 is 0 Å². The third kappa shape index (κ3) is 4.96. The number of hydrogen-bond acceptors (Lipinski definition) is 3. The molecule has 0 atom stereocenters. The number of non-ortho nitro benzene ring substituents is 1. The molecular weight excluding hydrogens is 300 g/mol. The molecule has 0 amide bonds. The topological polar surface area (TPSA) is 46.4 Å². The van der Waals surface area contributed by atoms with Gasteiger partial charge in [0.05, 0.1) is 9.95 Å². The third-order valence-electron chi connectivity index (χ3n) is 4.42. The van der Waals surface area contributed by atoms with Gasteiger partial charge in [-0.05, 0) is 43.4 Å². The highest BCUT2D eigenvalue weighted by Gasteiger charge is 2.18. The highest BCUT2D eigenvalue weighted by Crippen LogP contribution is 2.27. The van der Waals surface area contributed by atoms with Crippen LogP contribution in [0.3, 0.4) is 0 Å². The summed E-state index contributed by atoms with van der Waals surface area (Å²) in [6, 6.07) is 4.80. The van der Waals surface area contributed by atoms with Gasteiger partial charge < -0.3 is 0 Å². The minimum atomic E-state index is -0.401. The summed E-state index contributed by atoms with van der Waals surface area (Å²) in [6.45, 7) is 5.12. The maximum atomic E-state index is 10.8. The molecule has 1 saturated carbocycles. The molecule has 0 aromatic heterocycles. The van der Waals surface area contributed by atoms with Gasteiger partial charge in [-0.25, -0.2) is 0 Å². The van der Waals surface area contributed by atoms with Crippen molar-refractivity contribution in [2.45, 2.75) is 52.0 Å². The van der Waals surface area contributed by atoms with Crippen molar-refractivity contribution >= 4 is 17.3 Å².